The highest BCUT2D eigenvalue weighted by Crippen LogP contribution is 2.28. The number of nitrogens with one attached hydrogen (secondary N) is 1. The number of amides is 2. The second kappa shape index (κ2) is 5.23. The first-order valence-electron chi connectivity index (χ1n) is 5.56. The monoisotopic (exact) mass is 250 g/mol. The van der Waals surface area contributed by atoms with Crippen LogP contribution >= 0.6 is 11.8 Å². The summed E-state index contributed by atoms with van der Waals surface area (Å²) in [4.78, 5) is 24.8. The third kappa shape index (κ3) is 2.61. The van der Waals surface area contributed by atoms with Gasteiger partial charge in [0.1, 0.15) is 0 Å². The van der Waals surface area contributed by atoms with Gasteiger partial charge in [-0.05, 0) is 30.3 Å². The molecule has 90 valence electrons. The molecule has 1 aromatic carbocycles. The van der Waals surface area contributed by atoms with Crippen molar-refractivity contribution in [2.24, 2.45) is 0 Å². The first-order valence-corrected chi connectivity index (χ1v) is 6.44. The summed E-state index contributed by atoms with van der Waals surface area (Å²) in [6, 6.07) is 9.43. The summed E-state index contributed by atoms with van der Waals surface area (Å²) in [6.45, 7) is 2.45. The van der Waals surface area contributed by atoms with Gasteiger partial charge in [0, 0.05) is 12.2 Å². The number of benzene rings is 1. The van der Waals surface area contributed by atoms with Crippen LogP contribution in [0.2, 0.25) is 0 Å². The molecule has 17 heavy (non-hydrogen) atoms. The highest BCUT2D eigenvalue weighted by molar-refractivity contribution is 8.15. The predicted octanol–water partition coefficient (Wildman–Crippen LogP) is 2.53. The topological polar surface area (TPSA) is 49.4 Å². The molecule has 1 atom stereocenters. The molecule has 0 radical (unpaired) electrons. The molecule has 2 amide bonds. The molecule has 1 aliphatic heterocycles. The maximum atomic E-state index is 11.9. The Balaban J connectivity index is 2.04. The highest BCUT2D eigenvalue weighted by Gasteiger charge is 2.38. The number of thioether (sulfide) groups is 1. The van der Waals surface area contributed by atoms with E-state index in [1.54, 1.807) is 0 Å². The molecule has 1 heterocycles. The van der Waals surface area contributed by atoms with E-state index in [0.29, 0.717) is 6.54 Å². The Morgan fingerprint density at radius 1 is 1.29 bits per heavy atom. The van der Waals surface area contributed by atoms with E-state index in [0.717, 1.165) is 23.9 Å². The van der Waals surface area contributed by atoms with Crippen LogP contribution in [-0.4, -0.2) is 28.0 Å². The molecule has 5 heteroatoms. The number of hydrogen-bond acceptors (Lipinski definition) is 4. The van der Waals surface area contributed by atoms with Crippen LogP contribution in [0, 0.1) is 0 Å². The van der Waals surface area contributed by atoms with Gasteiger partial charge in [0.05, 0.1) is 0 Å². The second-order valence-electron chi connectivity index (χ2n) is 3.76. The standard InChI is InChI=1S/C12H14N2O2S/c1-2-8-14-11(15)10(17-12(14)16)13-9-6-4-3-5-7-9/h3-7,10,13H,2,8H2,1H3/t10-/m0/s1. The van der Waals surface area contributed by atoms with Gasteiger partial charge in [0.25, 0.3) is 11.1 Å². The molecule has 0 bridgehead atoms. The number of imide groups is 1. The summed E-state index contributed by atoms with van der Waals surface area (Å²) in [5, 5.41) is 2.41. The van der Waals surface area contributed by atoms with Crippen molar-refractivity contribution in [1.82, 2.24) is 4.90 Å². The van der Waals surface area contributed by atoms with Crippen LogP contribution in [0.5, 0.6) is 0 Å². The average Bonchev–Trinajstić information content (AvgIpc) is 2.59. The Kier molecular flexibility index (Phi) is 3.68. The van der Waals surface area contributed by atoms with Gasteiger partial charge in [0.2, 0.25) is 0 Å². The molecule has 0 saturated carbocycles. The maximum Gasteiger partial charge on any atom is 0.290 e. The molecule has 1 aromatic rings. The Labute approximate surface area is 104 Å². The summed E-state index contributed by atoms with van der Waals surface area (Å²) in [5.74, 6) is -0.147. The summed E-state index contributed by atoms with van der Waals surface area (Å²) < 4.78 is 0. The molecule has 1 fully saturated rings. The van der Waals surface area contributed by atoms with Gasteiger partial charge in [-0.25, -0.2) is 0 Å². The largest absolute Gasteiger partial charge is 0.365 e. The van der Waals surface area contributed by atoms with Crippen molar-refractivity contribution >= 4 is 28.6 Å². The van der Waals surface area contributed by atoms with Crippen molar-refractivity contribution in [1.29, 1.82) is 0 Å². The molecule has 0 spiro atoms. The van der Waals surface area contributed by atoms with E-state index in [2.05, 4.69) is 5.32 Å². The molecule has 4 nitrogen and oxygen atoms in total. The quantitative estimate of drug-likeness (QED) is 0.892. The Bertz CT molecular complexity index is 422. The van der Waals surface area contributed by atoms with Crippen molar-refractivity contribution in [2.45, 2.75) is 18.7 Å². The van der Waals surface area contributed by atoms with Crippen LogP contribution in [0.4, 0.5) is 10.5 Å². The van der Waals surface area contributed by atoms with Crippen molar-refractivity contribution in [3.8, 4) is 0 Å². The molecular formula is C12H14N2O2S. The maximum absolute atomic E-state index is 11.9. The molecule has 0 aliphatic carbocycles. The minimum Gasteiger partial charge on any atom is -0.365 e. The average molecular weight is 250 g/mol. The van der Waals surface area contributed by atoms with E-state index in [4.69, 9.17) is 0 Å². The number of nitrogens with zero attached hydrogens (tertiary/aromatic N) is 1. The molecule has 2 rings (SSSR count). The van der Waals surface area contributed by atoms with E-state index in [1.807, 2.05) is 37.3 Å². The van der Waals surface area contributed by atoms with E-state index in [1.165, 1.54) is 4.90 Å². The van der Waals surface area contributed by atoms with Crippen LogP contribution in [-0.2, 0) is 4.79 Å². The highest BCUT2D eigenvalue weighted by atomic mass is 32.2. The van der Waals surface area contributed by atoms with Gasteiger partial charge in [-0.2, -0.15) is 0 Å². The number of hydrogen-bond donors (Lipinski definition) is 1. The Morgan fingerprint density at radius 2 is 2.00 bits per heavy atom. The molecule has 0 unspecified atom stereocenters. The number of anilines is 1. The summed E-state index contributed by atoms with van der Waals surface area (Å²) >= 11 is 1.04. The molecule has 1 saturated heterocycles. The summed E-state index contributed by atoms with van der Waals surface area (Å²) in [7, 11) is 0. The van der Waals surface area contributed by atoms with Gasteiger partial charge >= 0.3 is 0 Å². The number of para-hydroxylation sites is 1. The second-order valence-corrected chi connectivity index (χ2v) is 4.82. The fourth-order valence-electron chi connectivity index (χ4n) is 1.65. The lowest BCUT2D eigenvalue weighted by atomic mass is 10.3. The molecule has 1 N–H and O–H groups in total. The van der Waals surface area contributed by atoms with Gasteiger partial charge in [0.15, 0.2) is 5.37 Å². The number of carbonyl (C=O) groups is 2. The number of rotatable bonds is 4. The minimum absolute atomic E-state index is 0.147. The van der Waals surface area contributed by atoms with Crippen molar-refractivity contribution in [2.75, 3.05) is 11.9 Å². The summed E-state index contributed by atoms with van der Waals surface area (Å²) in [5.41, 5.74) is 0.851. The first-order chi connectivity index (χ1) is 8.22. The van der Waals surface area contributed by atoms with Crippen LogP contribution in [0.25, 0.3) is 0 Å². The first kappa shape index (κ1) is 12.0. The van der Waals surface area contributed by atoms with E-state index >= 15 is 0 Å². The Hall–Kier alpha value is -1.49. The Morgan fingerprint density at radius 3 is 2.65 bits per heavy atom. The number of carbonyl (C=O) groups excluding carboxylic acids is 2. The zero-order valence-electron chi connectivity index (χ0n) is 9.55. The van der Waals surface area contributed by atoms with Crippen LogP contribution < -0.4 is 5.32 Å². The summed E-state index contributed by atoms with van der Waals surface area (Å²) in [6.07, 6.45) is 0.788. The lowest BCUT2D eigenvalue weighted by molar-refractivity contribution is -0.126. The zero-order valence-corrected chi connectivity index (χ0v) is 10.4. The fourth-order valence-corrected chi connectivity index (χ4v) is 2.58. The van der Waals surface area contributed by atoms with E-state index in [9.17, 15) is 9.59 Å². The molecular weight excluding hydrogens is 236 g/mol. The molecule has 0 aromatic heterocycles. The lowest BCUT2D eigenvalue weighted by Gasteiger charge is -2.13. The lowest BCUT2D eigenvalue weighted by Crippen LogP contribution is -2.34. The van der Waals surface area contributed by atoms with Crippen molar-refractivity contribution in [3.63, 3.8) is 0 Å². The molecule has 1 aliphatic rings. The zero-order chi connectivity index (χ0) is 12.3. The predicted molar refractivity (Wildman–Crippen MR) is 68.8 cm³/mol. The minimum atomic E-state index is -0.489. The fraction of sp³-hybridized carbons (Fsp3) is 0.333. The van der Waals surface area contributed by atoms with Crippen molar-refractivity contribution in [3.05, 3.63) is 30.3 Å². The van der Waals surface area contributed by atoms with Gasteiger partial charge in [-0.1, -0.05) is 25.1 Å². The third-order valence-corrected chi connectivity index (χ3v) is 3.43. The smallest absolute Gasteiger partial charge is 0.290 e. The van der Waals surface area contributed by atoms with Gasteiger partial charge in [-0.3, -0.25) is 14.5 Å². The van der Waals surface area contributed by atoms with Gasteiger partial charge in [-0.15, -0.1) is 0 Å². The normalized spacial score (nSPS) is 19.8. The van der Waals surface area contributed by atoms with Gasteiger partial charge < -0.3 is 5.32 Å². The third-order valence-electron chi connectivity index (χ3n) is 2.45. The van der Waals surface area contributed by atoms with Crippen LogP contribution in [0.15, 0.2) is 30.3 Å². The van der Waals surface area contributed by atoms with Crippen LogP contribution in [0.1, 0.15) is 13.3 Å². The van der Waals surface area contributed by atoms with E-state index < -0.39 is 5.37 Å². The van der Waals surface area contributed by atoms with E-state index in [-0.39, 0.29) is 11.1 Å². The SMILES string of the molecule is CCCN1C(=O)S[C@H](Nc2ccccc2)C1=O. The van der Waals surface area contributed by atoms with Crippen molar-refractivity contribution < 1.29 is 9.59 Å². The van der Waals surface area contributed by atoms with Crippen LogP contribution in [0.3, 0.4) is 0 Å².